The molecule has 4 aliphatic rings. The summed E-state index contributed by atoms with van der Waals surface area (Å²) in [5.41, 5.74) is 6.99. The molecule has 0 aliphatic heterocycles. The van der Waals surface area contributed by atoms with Gasteiger partial charge in [0.25, 0.3) is 5.91 Å². The van der Waals surface area contributed by atoms with Gasteiger partial charge in [-0.25, -0.2) is 4.79 Å². The van der Waals surface area contributed by atoms with Gasteiger partial charge in [-0.1, -0.05) is 0 Å². The van der Waals surface area contributed by atoms with Crippen molar-refractivity contribution in [2.45, 2.75) is 65.7 Å². The molecule has 4 saturated carbocycles. The standard InChI is InChI=1S/C22H31N3O4/c1-4-29-21(28)19-12(2)18(13(3)23-19)20(27)25-24-17(26)11-22-8-14-5-15(9-22)7-16(6-14)10-22/h14-16,23H,4-11H2,1-3H3,(H,24,26)(H,25,27). The zero-order valence-corrected chi connectivity index (χ0v) is 17.5. The van der Waals surface area contributed by atoms with E-state index in [2.05, 4.69) is 15.8 Å². The summed E-state index contributed by atoms with van der Waals surface area (Å²) in [5, 5.41) is 0. The quantitative estimate of drug-likeness (QED) is 0.521. The SMILES string of the molecule is CCOC(=O)c1[nH]c(C)c(C(=O)NNC(=O)CC23CC4CC(CC(C4)C2)C3)c1C. The van der Waals surface area contributed by atoms with Crippen LogP contribution < -0.4 is 10.9 Å². The highest BCUT2D eigenvalue weighted by atomic mass is 16.5. The van der Waals surface area contributed by atoms with Crippen LogP contribution in [0.25, 0.3) is 0 Å². The molecule has 2 amide bonds. The fourth-order valence-electron chi connectivity index (χ4n) is 6.58. The second-order valence-corrected chi connectivity index (χ2v) is 9.44. The third kappa shape index (κ3) is 3.79. The summed E-state index contributed by atoms with van der Waals surface area (Å²) >= 11 is 0. The Balaban J connectivity index is 1.36. The second-order valence-electron chi connectivity index (χ2n) is 9.44. The minimum Gasteiger partial charge on any atom is -0.461 e. The molecular weight excluding hydrogens is 370 g/mol. The molecule has 1 heterocycles. The number of aromatic nitrogens is 1. The first-order valence-corrected chi connectivity index (χ1v) is 10.8. The normalized spacial score (nSPS) is 29.6. The van der Waals surface area contributed by atoms with Gasteiger partial charge in [-0.2, -0.15) is 0 Å². The van der Waals surface area contributed by atoms with E-state index in [0.717, 1.165) is 37.0 Å². The lowest BCUT2D eigenvalue weighted by Crippen LogP contribution is -2.50. The van der Waals surface area contributed by atoms with Gasteiger partial charge in [0.1, 0.15) is 5.69 Å². The number of ether oxygens (including phenoxy) is 1. The first-order valence-electron chi connectivity index (χ1n) is 10.8. The van der Waals surface area contributed by atoms with Crippen molar-refractivity contribution in [2.24, 2.45) is 23.2 Å². The van der Waals surface area contributed by atoms with E-state index in [-0.39, 0.29) is 23.6 Å². The predicted molar refractivity (Wildman–Crippen MR) is 107 cm³/mol. The number of hydrogen-bond acceptors (Lipinski definition) is 4. The van der Waals surface area contributed by atoms with E-state index in [1.807, 2.05) is 0 Å². The molecule has 0 radical (unpaired) electrons. The molecular formula is C22H31N3O4. The maximum absolute atomic E-state index is 12.7. The van der Waals surface area contributed by atoms with Crippen LogP contribution in [0.1, 0.15) is 84.0 Å². The van der Waals surface area contributed by atoms with E-state index in [4.69, 9.17) is 4.74 Å². The second kappa shape index (κ2) is 7.50. The lowest BCUT2D eigenvalue weighted by molar-refractivity contribution is -0.130. The van der Waals surface area contributed by atoms with Crippen LogP contribution in [0.15, 0.2) is 0 Å². The zero-order valence-electron chi connectivity index (χ0n) is 17.5. The van der Waals surface area contributed by atoms with E-state index in [9.17, 15) is 14.4 Å². The first-order chi connectivity index (χ1) is 13.8. The number of aromatic amines is 1. The van der Waals surface area contributed by atoms with Gasteiger partial charge in [0.2, 0.25) is 5.91 Å². The summed E-state index contributed by atoms with van der Waals surface area (Å²) in [5.74, 6) is 1.32. The Morgan fingerprint density at radius 1 is 1.03 bits per heavy atom. The van der Waals surface area contributed by atoms with Crippen molar-refractivity contribution < 1.29 is 19.1 Å². The molecule has 0 saturated heterocycles. The summed E-state index contributed by atoms with van der Waals surface area (Å²) < 4.78 is 5.02. The molecule has 0 aromatic carbocycles. The summed E-state index contributed by atoms with van der Waals surface area (Å²) in [6.07, 6.45) is 7.96. The predicted octanol–water partition coefficient (Wildman–Crippen LogP) is 3.18. The van der Waals surface area contributed by atoms with Gasteiger partial charge in [0.05, 0.1) is 12.2 Å². The Hall–Kier alpha value is -2.31. The smallest absolute Gasteiger partial charge is 0.355 e. The number of carbonyl (C=O) groups is 3. The number of rotatable bonds is 5. The van der Waals surface area contributed by atoms with E-state index >= 15 is 0 Å². The van der Waals surface area contributed by atoms with Gasteiger partial charge < -0.3 is 9.72 Å². The van der Waals surface area contributed by atoms with Crippen LogP contribution in [-0.4, -0.2) is 29.4 Å². The van der Waals surface area contributed by atoms with Crippen molar-refractivity contribution in [1.29, 1.82) is 0 Å². The van der Waals surface area contributed by atoms with Crippen molar-refractivity contribution in [3.63, 3.8) is 0 Å². The number of H-pyrrole nitrogens is 1. The van der Waals surface area contributed by atoms with Crippen LogP contribution in [0, 0.1) is 37.0 Å². The summed E-state index contributed by atoms with van der Waals surface area (Å²) in [7, 11) is 0. The van der Waals surface area contributed by atoms with Crippen molar-refractivity contribution in [3.05, 3.63) is 22.5 Å². The van der Waals surface area contributed by atoms with E-state index in [1.54, 1.807) is 20.8 Å². The molecule has 1 aromatic rings. The first kappa shape index (κ1) is 20.0. The van der Waals surface area contributed by atoms with E-state index in [0.29, 0.717) is 23.2 Å². The number of aryl methyl sites for hydroxylation is 1. The summed E-state index contributed by atoms with van der Waals surface area (Å²) in [4.78, 5) is 40.2. The molecule has 0 atom stereocenters. The van der Waals surface area contributed by atoms with Crippen LogP contribution in [0.4, 0.5) is 0 Å². The fraction of sp³-hybridized carbons (Fsp3) is 0.682. The van der Waals surface area contributed by atoms with Gasteiger partial charge in [-0.15, -0.1) is 0 Å². The van der Waals surface area contributed by atoms with Crippen molar-refractivity contribution in [3.8, 4) is 0 Å². The Kier molecular flexibility index (Phi) is 5.17. The lowest BCUT2D eigenvalue weighted by atomic mass is 9.49. The molecule has 158 valence electrons. The largest absolute Gasteiger partial charge is 0.461 e. The molecule has 4 bridgehead atoms. The molecule has 0 spiro atoms. The molecule has 1 aromatic heterocycles. The van der Waals surface area contributed by atoms with Gasteiger partial charge in [-0.3, -0.25) is 20.4 Å². The number of carbonyl (C=O) groups excluding carboxylic acids is 3. The number of nitrogens with one attached hydrogen (secondary N) is 3. The molecule has 7 nitrogen and oxygen atoms in total. The molecule has 5 rings (SSSR count). The minimum atomic E-state index is -0.488. The average molecular weight is 402 g/mol. The van der Waals surface area contributed by atoms with Crippen molar-refractivity contribution in [1.82, 2.24) is 15.8 Å². The molecule has 4 aliphatic carbocycles. The van der Waals surface area contributed by atoms with Crippen molar-refractivity contribution in [2.75, 3.05) is 6.61 Å². The summed E-state index contributed by atoms with van der Waals surface area (Å²) in [6, 6.07) is 0. The summed E-state index contributed by atoms with van der Waals surface area (Å²) in [6.45, 7) is 5.41. The highest BCUT2D eigenvalue weighted by Gasteiger charge is 2.51. The Morgan fingerprint density at radius 2 is 1.62 bits per heavy atom. The Labute approximate surface area is 171 Å². The van der Waals surface area contributed by atoms with Crippen molar-refractivity contribution >= 4 is 17.8 Å². The van der Waals surface area contributed by atoms with Crippen LogP contribution in [0.5, 0.6) is 0 Å². The van der Waals surface area contributed by atoms with E-state index < -0.39 is 11.9 Å². The highest BCUT2D eigenvalue weighted by molar-refractivity contribution is 6.01. The monoisotopic (exact) mass is 401 g/mol. The Morgan fingerprint density at radius 3 is 2.17 bits per heavy atom. The number of hydrazine groups is 1. The van der Waals surface area contributed by atoms with Gasteiger partial charge in [-0.05, 0) is 88.0 Å². The topological polar surface area (TPSA) is 100 Å². The van der Waals surface area contributed by atoms with Gasteiger partial charge in [0, 0.05) is 12.1 Å². The maximum atomic E-state index is 12.7. The number of hydrogen-bond donors (Lipinski definition) is 3. The number of amides is 2. The number of esters is 1. The molecule has 4 fully saturated rings. The van der Waals surface area contributed by atoms with Gasteiger partial charge in [0.15, 0.2) is 0 Å². The Bertz CT molecular complexity index is 806. The van der Waals surface area contributed by atoms with Gasteiger partial charge >= 0.3 is 5.97 Å². The zero-order chi connectivity index (χ0) is 20.8. The highest BCUT2D eigenvalue weighted by Crippen LogP contribution is 2.61. The average Bonchev–Trinajstić information content (AvgIpc) is 2.93. The third-order valence-electron chi connectivity index (χ3n) is 7.16. The minimum absolute atomic E-state index is 0.126. The van der Waals surface area contributed by atoms with Crippen LogP contribution in [0.2, 0.25) is 0 Å². The fourth-order valence-corrected chi connectivity index (χ4v) is 6.58. The van der Waals surface area contributed by atoms with Crippen LogP contribution in [0.3, 0.4) is 0 Å². The van der Waals surface area contributed by atoms with Crippen LogP contribution in [-0.2, 0) is 9.53 Å². The molecule has 0 unspecified atom stereocenters. The lowest BCUT2D eigenvalue weighted by Gasteiger charge is -2.56. The molecule has 7 heteroatoms. The third-order valence-corrected chi connectivity index (χ3v) is 7.16. The van der Waals surface area contributed by atoms with Crippen LogP contribution >= 0.6 is 0 Å². The molecule has 29 heavy (non-hydrogen) atoms. The van der Waals surface area contributed by atoms with E-state index in [1.165, 1.54) is 19.3 Å². The molecule has 3 N–H and O–H groups in total. The maximum Gasteiger partial charge on any atom is 0.355 e.